The monoisotopic (exact) mass is 351 g/mol. The van der Waals surface area contributed by atoms with E-state index in [1.54, 1.807) is 13.8 Å². The van der Waals surface area contributed by atoms with Crippen LogP contribution in [-0.2, 0) is 19.0 Å². The molecule has 0 amide bonds. The molecule has 1 aliphatic heterocycles. The fourth-order valence-corrected chi connectivity index (χ4v) is 5.54. The Kier molecular flexibility index (Phi) is 3.56. The lowest BCUT2D eigenvalue weighted by molar-refractivity contribution is -0.386. The first-order chi connectivity index (χ1) is 11.8. The minimum atomic E-state index is -1.24. The van der Waals surface area contributed by atoms with Crippen molar-refractivity contribution in [2.24, 2.45) is 28.1 Å². The third-order valence-electron chi connectivity index (χ3n) is 7.33. The third-order valence-corrected chi connectivity index (χ3v) is 7.33. The second kappa shape index (κ2) is 5.17. The molecule has 8 unspecified atom stereocenters. The number of aliphatic hydroxyl groups excluding tert-OH is 2. The number of hydrogen-bond donors (Lipinski definition) is 2. The first kappa shape index (κ1) is 17.2. The molecule has 4 aliphatic rings. The van der Waals surface area contributed by atoms with E-state index < -0.39 is 23.4 Å². The minimum absolute atomic E-state index is 0.0162. The van der Waals surface area contributed by atoms with E-state index >= 15 is 0 Å². The van der Waals surface area contributed by atoms with Gasteiger partial charge in [0.05, 0.1) is 23.7 Å². The predicted molar refractivity (Wildman–Crippen MR) is 83.5 cm³/mol. The molecule has 1 spiro atoms. The van der Waals surface area contributed by atoms with E-state index in [1.165, 1.54) is 0 Å². The molecule has 8 atom stereocenters. The molecule has 0 bridgehead atoms. The van der Waals surface area contributed by atoms with Crippen LogP contribution in [0.3, 0.4) is 0 Å². The highest BCUT2D eigenvalue weighted by atomic mass is 16.7. The van der Waals surface area contributed by atoms with Crippen LogP contribution in [0.2, 0.25) is 0 Å². The maximum atomic E-state index is 12.0. The van der Waals surface area contributed by atoms with E-state index in [4.69, 9.17) is 14.2 Å². The smallest absolute Gasteiger partial charge is 0.311 e. The quantitative estimate of drug-likeness (QED) is 0.541. The molecule has 0 aromatic heterocycles. The van der Waals surface area contributed by atoms with Crippen LogP contribution < -0.4 is 0 Å². The van der Waals surface area contributed by atoms with Gasteiger partial charge in [0, 0.05) is 11.3 Å². The molecule has 7 nitrogen and oxygen atoms in total. The molecule has 2 N–H and O–H groups in total. The molecular weight excluding hydrogens is 326 g/mol. The Morgan fingerprint density at radius 2 is 2.24 bits per heavy atom. The Labute approximate surface area is 146 Å². The fourth-order valence-electron chi connectivity index (χ4n) is 5.54. The Bertz CT molecular complexity index is 644. The molecule has 0 radical (unpaired) electrons. The fraction of sp³-hybridized carbons (Fsp3) is 0.889. The van der Waals surface area contributed by atoms with Crippen LogP contribution in [0.15, 0.2) is 0 Å². The van der Waals surface area contributed by atoms with Crippen molar-refractivity contribution >= 4 is 5.97 Å². The summed E-state index contributed by atoms with van der Waals surface area (Å²) in [6.45, 7) is 5.25. The van der Waals surface area contributed by atoms with Gasteiger partial charge < -0.3 is 24.4 Å². The maximum absolute atomic E-state index is 12.0. The zero-order valence-corrected chi connectivity index (χ0v) is 14.8. The summed E-state index contributed by atoms with van der Waals surface area (Å²) in [4.78, 5) is 12.0. The highest BCUT2D eigenvalue weighted by Gasteiger charge is 2.92. The average Bonchev–Trinajstić information content (AvgIpc) is 2.75. The third kappa shape index (κ3) is 1.81. The van der Waals surface area contributed by atoms with Crippen LogP contribution in [0, 0.1) is 39.4 Å². The minimum Gasteiger partial charge on any atom is -0.460 e. The molecule has 0 aromatic carbocycles. The van der Waals surface area contributed by atoms with Gasteiger partial charge in [-0.3, -0.25) is 4.79 Å². The second-order valence-corrected chi connectivity index (χ2v) is 8.53. The van der Waals surface area contributed by atoms with Crippen LogP contribution in [0.1, 0.15) is 40.0 Å². The lowest BCUT2D eigenvalue weighted by atomic mass is 9.23. The summed E-state index contributed by atoms with van der Waals surface area (Å²) in [5.41, 5.74) is -1.56. The van der Waals surface area contributed by atoms with Crippen molar-refractivity contribution in [2.45, 2.75) is 64.8 Å². The van der Waals surface area contributed by atoms with E-state index in [-0.39, 0.29) is 42.0 Å². The molecule has 7 heteroatoms. The van der Waals surface area contributed by atoms with Crippen LogP contribution in [0.25, 0.3) is 0 Å². The molecule has 4 fully saturated rings. The molecule has 3 saturated carbocycles. The van der Waals surface area contributed by atoms with Crippen molar-refractivity contribution in [3.63, 3.8) is 0 Å². The van der Waals surface area contributed by atoms with Gasteiger partial charge in [0.15, 0.2) is 12.6 Å². The highest BCUT2D eigenvalue weighted by Crippen LogP contribution is 2.86. The van der Waals surface area contributed by atoms with Crippen molar-refractivity contribution < 1.29 is 29.2 Å². The number of ether oxygens (including phenoxy) is 3. The van der Waals surface area contributed by atoms with Gasteiger partial charge in [-0.2, -0.15) is 5.26 Å². The van der Waals surface area contributed by atoms with Crippen molar-refractivity contribution in [3.05, 3.63) is 0 Å². The number of aliphatic hydroxyl groups is 2. The summed E-state index contributed by atoms with van der Waals surface area (Å²) in [5, 5.41) is 29.9. The highest BCUT2D eigenvalue weighted by molar-refractivity contribution is 5.75. The molecule has 25 heavy (non-hydrogen) atoms. The topological polar surface area (TPSA) is 109 Å². The Morgan fingerprint density at radius 1 is 1.52 bits per heavy atom. The number of hydrogen-bond acceptors (Lipinski definition) is 7. The van der Waals surface area contributed by atoms with Crippen molar-refractivity contribution in [1.82, 2.24) is 0 Å². The number of nitriles is 1. The summed E-state index contributed by atoms with van der Waals surface area (Å²) in [7, 11) is 0. The summed E-state index contributed by atoms with van der Waals surface area (Å²) in [6, 6.07) is 2.29. The van der Waals surface area contributed by atoms with Gasteiger partial charge in [0.1, 0.15) is 12.0 Å². The Morgan fingerprint density at radius 3 is 2.80 bits per heavy atom. The second-order valence-electron chi connectivity index (χ2n) is 8.53. The van der Waals surface area contributed by atoms with Gasteiger partial charge in [-0.25, -0.2) is 0 Å². The molecule has 138 valence electrons. The summed E-state index contributed by atoms with van der Waals surface area (Å²) in [6.07, 6.45) is -0.629. The number of nitrogens with zero attached hydrogens (tertiary/aromatic N) is 1. The Balaban J connectivity index is 1.38. The standard InChI is InChI=1S/C18H25NO6/c1-4-16(2,3)14(21)23-7-10(20)24-13-11-12-17(13)6-5-9(17)18(12,8-19)15(22)25-11/h9-13,15,20,22H,4-7H2,1-3H3. The summed E-state index contributed by atoms with van der Waals surface area (Å²) >= 11 is 0. The van der Waals surface area contributed by atoms with Crippen LogP contribution in [-0.4, -0.2) is 47.6 Å². The summed E-state index contributed by atoms with van der Waals surface area (Å²) < 4.78 is 16.5. The molecule has 4 rings (SSSR count). The zero-order chi connectivity index (χ0) is 18.2. The zero-order valence-electron chi connectivity index (χ0n) is 14.8. The molecule has 1 heterocycles. The molecule has 0 aromatic rings. The predicted octanol–water partition coefficient (Wildman–Crippen LogP) is 0.936. The van der Waals surface area contributed by atoms with Gasteiger partial charge in [-0.1, -0.05) is 6.92 Å². The van der Waals surface area contributed by atoms with Crippen LogP contribution >= 0.6 is 0 Å². The lowest BCUT2D eigenvalue weighted by Gasteiger charge is -2.79. The van der Waals surface area contributed by atoms with Crippen LogP contribution in [0.5, 0.6) is 0 Å². The van der Waals surface area contributed by atoms with Gasteiger partial charge in [-0.15, -0.1) is 0 Å². The van der Waals surface area contributed by atoms with Gasteiger partial charge in [-0.05, 0) is 39.0 Å². The van der Waals surface area contributed by atoms with Crippen molar-refractivity contribution in [3.8, 4) is 6.07 Å². The summed E-state index contributed by atoms with van der Waals surface area (Å²) in [5.74, 6) is -0.330. The van der Waals surface area contributed by atoms with Crippen molar-refractivity contribution in [2.75, 3.05) is 6.61 Å². The van der Waals surface area contributed by atoms with Gasteiger partial charge in [0.25, 0.3) is 0 Å². The molecular formula is C18H25NO6. The SMILES string of the molecule is CCC(C)(C)C(=O)OCC(O)OC1C2OC(O)C3(C#N)C4CCC14C23. The van der Waals surface area contributed by atoms with E-state index in [2.05, 4.69) is 6.07 Å². The normalized spacial score (nSPS) is 47.3. The average molecular weight is 351 g/mol. The number of carbonyl (C=O) groups excluding carboxylic acids is 1. The number of rotatable bonds is 6. The molecule has 1 saturated heterocycles. The van der Waals surface area contributed by atoms with E-state index in [0.29, 0.717) is 6.42 Å². The van der Waals surface area contributed by atoms with Gasteiger partial charge >= 0.3 is 5.97 Å². The van der Waals surface area contributed by atoms with Crippen molar-refractivity contribution in [1.29, 1.82) is 5.26 Å². The van der Waals surface area contributed by atoms with E-state index in [1.807, 2.05) is 6.92 Å². The van der Waals surface area contributed by atoms with E-state index in [0.717, 1.165) is 12.8 Å². The first-order valence-corrected chi connectivity index (χ1v) is 9.01. The number of esters is 1. The lowest BCUT2D eigenvalue weighted by Crippen LogP contribution is -2.85. The number of carbonyl (C=O) groups is 1. The maximum Gasteiger partial charge on any atom is 0.311 e. The van der Waals surface area contributed by atoms with E-state index in [9.17, 15) is 20.3 Å². The van der Waals surface area contributed by atoms with Crippen LogP contribution in [0.4, 0.5) is 0 Å². The Hall–Kier alpha value is -1.20. The first-order valence-electron chi connectivity index (χ1n) is 9.01. The number of fused-ring (bicyclic) bond motifs is 1. The van der Waals surface area contributed by atoms with Gasteiger partial charge in [0.2, 0.25) is 0 Å². The molecule has 3 aliphatic carbocycles. The largest absolute Gasteiger partial charge is 0.460 e.